The quantitative estimate of drug-likeness (QED) is 0.0862. The van der Waals surface area contributed by atoms with E-state index in [1.807, 2.05) is 13.0 Å². The van der Waals surface area contributed by atoms with E-state index in [2.05, 4.69) is 27.4 Å². The maximum Gasteiger partial charge on any atom is 0.326 e. The Morgan fingerprint density at radius 1 is 1.31 bits per heavy atom. The Labute approximate surface area is 211 Å². The Morgan fingerprint density at radius 3 is 2.75 bits per heavy atom. The first-order valence-corrected chi connectivity index (χ1v) is 13.7. The van der Waals surface area contributed by atoms with Gasteiger partial charge in [-0.15, -0.1) is 0 Å². The molecular weight excluding hydrogens is 486 g/mol. The Kier molecular flexibility index (Phi) is 9.14. The second-order valence-electron chi connectivity index (χ2n) is 9.72. The number of carboxylic acids is 1. The molecule has 1 aromatic carbocycles. The Balaban J connectivity index is 1.87. The van der Waals surface area contributed by atoms with E-state index in [0.29, 0.717) is 37.4 Å². The van der Waals surface area contributed by atoms with E-state index in [-0.39, 0.29) is 36.3 Å². The number of guanidine groups is 1. The summed E-state index contributed by atoms with van der Waals surface area (Å²) in [5, 5.41) is 12.9. The highest BCUT2D eigenvalue weighted by molar-refractivity contribution is 7.89. The molecule has 1 saturated heterocycles. The van der Waals surface area contributed by atoms with Crippen molar-refractivity contribution in [2.45, 2.75) is 62.9 Å². The summed E-state index contributed by atoms with van der Waals surface area (Å²) in [5.41, 5.74) is 9.18. The van der Waals surface area contributed by atoms with Gasteiger partial charge in [-0.25, -0.2) is 19.1 Å². The lowest BCUT2D eigenvalue weighted by atomic mass is 9.91. The Morgan fingerprint density at radius 2 is 2.06 bits per heavy atom. The first kappa shape index (κ1) is 27.7. The second-order valence-corrected chi connectivity index (χ2v) is 11.4. The van der Waals surface area contributed by atoms with Gasteiger partial charge >= 0.3 is 5.97 Å². The van der Waals surface area contributed by atoms with Crippen LogP contribution in [0.1, 0.15) is 45.1 Å². The van der Waals surface area contributed by atoms with Gasteiger partial charge in [-0.1, -0.05) is 26.0 Å². The zero-order chi connectivity index (χ0) is 26.5. The minimum Gasteiger partial charge on any atom is -0.480 e. The molecule has 1 unspecified atom stereocenters. The molecule has 12 nitrogen and oxygen atoms in total. The van der Waals surface area contributed by atoms with Crippen LogP contribution in [0.15, 0.2) is 28.1 Å². The number of hydrazine groups is 1. The summed E-state index contributed by atoms with van der Waals surface area (Å²) >= 11 is 0. The molecule has 13 heteroatoms. The van der Waals surface area contributed by atoms with Gasteiger partial charge in [0.1, 0.15) is 17.0 Å². The SMILES string of the molecule is CC1CNc2c(cccc2S(=O)(=O)N[C@@H](CCCN=C(N)NN)C(=O)N2CC[C@@H](C)C[C@@H]2C(=O)O)C1. The number of fused-ring (bicyclic) bond motifs is 1. The lowest BCUT2D eigenvalue weighted by Gasteiger charge is -2.38. The van der Waals surface area contributed by atoms with Crippen LogP contribution in [0.25, 0.3) is 0 Å². The number of sulfonamides is 1. The molecule has 36 heavy (non-hydrogen) atoms. The van der Waals surface area contributed by atoms with Crippen LogP contribution < -0.4 is 27.0 Å². The van der Waals surface area contributed by atoms with Crippen molar-refractivity contribution >= 4 is 33.5 Å². The molecule has 2 aliphatic rings. The van der Waals surface area contributed by atoms with Crippen LogP contribution in [0.2, 0.25) is 0 Å². The predicted octanol–water partition coefficient (Wildman–Crippen LogP) is 0.208. The number of para-hydroxylation sites is 1. The van der Waals surface area contributed by atoms with Gasteiger partial charge in [-0.3, -0.25) is 15.2 Å². The first-order valence-electron chi connectivity index (χ1n) is 12.2. The van der Waals surface area contributed by atoms with Gasteiger partial charge in [-0.2, -0.15) is 4.72 Å². The molecule has 1 aromatic rings. The number of likely N-dealkylation sites (tertiary alicyclic amines) is 1. The smallest absolute Gasteiger partial charge is 0.326 e. The van der Waals surface area contributed by atoms with E-state index in [4.69, 9.17) is 11.6 Å². The van der Waals surface area contributed by atoms with Crippen molar-refractivity contribution in [3.63, 3.8) is 0 Å². The normalized spacial score (nSPS) is 23.4. The maximum absolute atomic E-state index is 13.6. The van der Waals surface area contributed by atoms with Crippen molar-refractivity contribution in [2.24, 2.45) is 28.4 Å². The molecule has 2 heterocycles. The molecule has 0 bridgehead atoms. The van der Waals surface area contributed by atoms with E-state index in [9.17, 15) is 23.1 Å². The van der Waals surface area contributed by atoms with E-state index >= 15 is 0 Å². The van der Waals surface area contributed by atoms with Crippen molar-refractivity contribution in [2.75, 3.05) is 25.0 Å². The number of nitrogens with one attached hydrogen (secondary N) is 3. The average Bonchev–Trinajstić information content (AvgIpc) is 2.84. The number of carboxylic acid groups (broad SMARTS) is 1. The molecule has 4 atom stereocenters. The van der Waals surface area contributed by atoms with Crippen molar-refractivity contribution in [1.82, 2.24) is 15.0 Å². The number of aliphatic imine (C=N–C) groups is 1. The highest BCUT2D eigenvalue weighted by Gasteiger charge is 2.39. The van der Waals surface area contributed by atoms with Crippen LogP contribution in [0.4, 0.5) is 5.69 Å². The number of rotatable bonds is 9. The number of anilines is 1. The van der Waals surface area contributed by atoms with Crippen LogP contribution in [-0.4, -0.2) is 68.0 Å². The van der Waals surface area contributed by atoms with Crippen LogP contribution in [0.5, 0.6) is 0 Å². The maximum atomic E-state index is 13.6. The largest absolute Gasteiger partial charge is 0.480 e. The molecule has 0 saturated carbocycles. The monoisotopic (exact) mass is 523 g/mol. The standard InChI is InChI=1S/C23H37N7O5S/c1-14-8-10-30(18(12-14)22(32)33)21(31)17(6-4-9-26-23(24)28-25)29-36(34,35)19-7-3-5-16-11-15(2)13-27-20(16)19/h3,5,7,14-15,17-18,27,29H,4,6,8-13,25H2,1-2H3,(H,32,33)(H3,24,26,28)/t14-,15?,17+,18-/m1/s1. The number of nitrogens with two attached hydrogens (primary N) is 2. The minimum absolute atomic E-state index is 0.0191. The van der Waals surface area contributed by atoms with Crippen molar-refractivity contribution in [3.8, 4) is 0 Å². The number of hydrogen-bond acceptors (Lipinski definition) is 7. The topological polar surface area (TPSA) is 192 Å². The van der Waals surface area contributed by atoms with Crippen molar-refractivity contribution in [1.29, 1.82) is 0 Å². The zero-order valence-electron chi connectivity index (χ0n) is 20.7. The van der Waals surface area contributed by atoms with Gasteiger partial charge in [0.2, 0.25) is 21.9 Å². The highest BCUT2D eigenvalue weighted by atomic mass is 32.2. The summed E-state index contributed by atoms with van der Waals surface area (Å²) < 4.78 is 29.6. The molecule has 0 spiro atoms. The number of carbonyl (C=O) groups is 2. The molecule has 0 radical (unpaired) electrons. The fourth-order valence-corrected chi connectivity index (χ4v) is 6.21. The average molecular weight is 524 g/mol. The summed E-state index contributed by atoms with van der Waals surface area (Å²) in [6.45, 7) is 5.12. The van der Waals surface area contributed by atoms with Crippen LogP contribution in [-0.2, 0) is 26.0 Å². The minimum atomic E-state index is -4.11. The molecule has 1 fully saturated rings. The van der Waals surface area contributed by atoms with Crippen LogP contribution in [0.3, 0.4) is 0 Å². The van der Waals surface area contributed by atoms with Crippen LogP contribution in [0, 0.1) is 11.8 Å². The molecule has 1 amide bonds. The van der Waals surface area contributed by atoms with E-state index < -0.39 is 34.0 Å². The van der Waals surface area contributed by atoms with Gasteiger partial charge < -0.3 is 21.1 Å². The van der Waals surface area contributed by atoms with Gasteiger partial charge in [0.25, 0.3) is 0 Å². The summed E-state index contributed by atoms with van der Waals surface area (Å²) in [5.74, 6) is 4.08. The van der Waals surface area contributed by atoms with E-state index in [1.54, 1.807) is 6.07 Å². The molecule has 0 aromatic heterocycles. The summed E-state index contributed by atoms with van der Waals surface area (Å²) in [6, 6.07) is 2.92. The third-order valence-electron chi connectivity index (χ3n) is 6.71. The first-order chi connectivity index (χ1) is 17.0. The lowest BCUT2D eigenvalue weighted by Crippen LogP contribution is -2.56. The van der Waals surface area contributed by atoms with Crippen molar-refractivity contribution in [3.05, 3.63) is 23.8 Å². The number of amides is 1. The fourth-order valence-electron chi connectivity index (χ4n) is 4.76. The highest BCUT2D eigenvalue weighted by Crippen LogP contribution is 2.31. The lowest BCUT2D eigenvalue weighted by molar-refractivity contribution is -0.153. The van der Waals surface area contributed by atoms with Crippen molar-refractivity contribution < 1.29 is 23.1 Å². The number of aliphatic carboxylic acids is 1. The summed E-state index contributed by atoms with van der Waals surface area (Å²) in [4.78, 5) is 30.8. The van der Waals surface area contributed by atoms with E-state index in [1.165, 1.54) is 11.0 Å². The van der Waals surface area contributed by atoms with Crippen LogP contribution >= 0.6 is 0 Å². The Bertz CT molecular complexity index is 1090. The molecular formula is C23H37N7O5S. The Hall–Kier alpha value is -2.90. The number of hydrogen-bond donors (Lipinski definition) is 6. The fraction of sp³-hybridized carbons (Fsp3) is 0.609. The van der Waals surface area contributed by atoms with E-state index in [0.717, 1.165) is 12.0 Å². The number of piperidine rings is 1. The molecule has 2 aliphatic heterocycles. The van der Waals surface area contributed by atoms with Gasteiger partial charge in [-0.05, 0) is 55.6 Å². The number of benzene rings is 1. The van der Waals surface area contributed by atoms with Gasteiger partial charge in [0, 0.05) is 19.6 Å². The summed E-state index contributed by atoms with van der Waals surface area (Å²) in [6.07, 6.45) is 2.14. The predicted molar refractivity (Wildman–Crippen MR) is 136 cm³/mol. The third kappa shape index (κ3) is 6.65. The second kappa shape index (κ2) is 11.9. The molecule has 8 N–H and O–H groups in total. The molecule has 200 valence electrons. The number of carbonyl (C=O) groups excluding carboxylic acids is 1. The molecule has 3 rings (SSSR count). The van der Waals surface area contributed by atoms with Gasteiger partial charge in [0.05, 0.1) is 5.69 Å². The zero-order valence-corrected chi connectivity index (χ0v) is 21.6. The number of nitrogens with zero attached hydrogens (tertiary/aromatic N) is 2. The summed E-state index contributed by atoms with van der Waals surface area (Å²) in [7, 11) is -4.11. The third-order valence-corrected chi connectivity index (χ3v) is 8.22. The molecule has 0 aliphatic carbocycles. The van der Waals surface area contributed by atoms with Gasteiger partial charge in [0.15, 0.2) is 0 Å².